The number of nitro benzene ring substituents is 1. The summed E-state index contributed by atoms with van der Waals surface area (Å²) in [4.78, 5) is 22.8. The van der Waals surface area contributed by atoms with E-state index < -0.39 is 16.9 Å². The van der Waals surface area contributed by atoms with Gasteiger partial charge in [-0.2, -0.15) is 0 Å². The monoisotopic (exact) mass is 282 g/mol. The summed E-state index contributed by atoms with van der Waals surface area (Å²) in [7, 11) is 1.57. The smallest absolute Gasteiger partial charge is 0.326 e. The van der Waals surface area contributed by atoms with Crippen molar-refractivity contribution in [1.29, 1.82) is 0 Å². The number of ether oxygens (including phenoxy) is 1. The van der Waals surface area contributed by atoms with Crippen LogP contribution in [0, 0.1) is 10.1 Å². The van der Waals surface area contributed by atoms with Gasteiger partial charge in [0, 0.05) is 24.9 Å². The third-order valence-corrected chi connectivity index (χ3v) is 2.80. The lowest BCUT2D eigenvalue weighted by Gasteiger charge is -2.24. The maximum absolute atomic E-state index is 11.0. The molecule has 7 nitrogen and oxygen atoms in total. The summed E-state index contributed by atoms with van der Waals surface area (Å²) in [5, 5.41) is 19.9. The third-order valence-electron chi connectivity index (χ3n) is 2.80. The van der Waals surface area contributed by atoms with Crippen LogP contribution in [0.2, 0.25) is 0 Å². The van der Waals surface area contributed by atoms with Gasteiger partial charge < -0.3 is 14.7 Å². The lowest BCUT2D eigenvalue weighted by molar-refractivity contribution is -0.384. The number of rotatable bonds is 6. The van der Waals surface area contributed by atoms with E-state index in [0.29, 0.717) is 11.4 Å². The predicted molar refractivity (Wildman–Crippen MR) is 74.4 cm³/mol. The van der Waals surface area contributed by atoms with Crippen molar-refractivity contribution in [3.05, 3.63) is 28.3 Å². The van der Waals surface area contributed by atoms with Crippen molar-refractivity contribution in [2.75, 3.05) is 11.9 Å². The van der Waals surface area contributed by atoms with Crippen LogP contribution < -0.4 is 9.64 Å². The molecule has 1 rings (SSSR count). The zero-order chi connectivity index (χ0) is 15.4. The van der Waals surface area contributed by atoms with Crippen LogP contribution in [0.4, 0.5) is 11.4 Å². The van der Waals surface area contributed by atoms with E-state index in [1.807, 2.05) is 13.8 Å². The van der Waals surface area contributed by atoms with Crippen molar-refractivity contribution in [3.8, 4) is 5.75 Å². The third kappa shape index (κ3) is 3.84. The number of likely N-dealkylation sites (N-methyl/N-ethyl adjacent to an activating group) is 1. The Hall–Kier alpha value is -2.31. The largest absolute Gasteiger partial charge is 0.491 e. The topological polar surface area (TPSA) is 92.9 Å². The van der Waals surface area contributed by atoms with Crippen LogP contribution in [0.1, 0.15) is 20.8 Å². The number of carboxylic acids is 1. The van der Waals surface area contributed by atoms with Crippen molar-refractivity contribution in [1.82, 2.24) is 0 Å². The molecule has 0 spiro atoms. The van der Waals surface area contributed by atoms with Crippen LogP contribution in [0.5, 0.6) is 5.75 Å². The Kier molecular flexibility index (Phi) is 4.90. The number of nitrogens with zero attached hydrogens (tertiary/aromatic N) is 2. The number of nitro groups is 1. The van der Waals surface area contributed by atoms with E-state index in [1.54, 1.807) is 13.1 Å². The molecule has 1 aromatic rings. The zero-order valence-corrected chi connectivity index (χ0v) is 11.9. The first-order valence-electron chi connectivity index (χ1n) is 6.14. The molecule has 0 saturated heterocycles. The molecule has 1 atom stereocenters. The van der Waals surface area contributed by atoms with E-state index in [1.165, 1.54) is 24.0 Å². The van der Waals surface area contributed by atoms with Gasteiger partial charge >= 0.3 is 5.97 Å². The molecule has 0 aliphatic heterocycles. The Bertz CT molecular complexity index is 515. The molecule has 1 N–H and O–H groups in total. The van der Waals surface area contributed by atoms with Crippen molar-refractivity contribution in [2.45, 2.75) is 32.9 Å². The van der Waals surface area contributed by atoms with Gasteiger partial charge in [0.1, 0.15) is 11.8 Å². The normalized spacial score (nSPS) is 12.1. The summed E-state index contributed by atoms with van der Waals surface area (Å²) in [5.41, 5.74) is 0.285. The number of carbonyl (C=O) groups is 1. The Labute approximate surface area is 116 Å². The maximum Gasteiger partial charge on any atom is 0.326 e. The van der Waals surface area contributed by atoms with E-state index in [-0.39, 0.29) is 11.8 Å². The number of carboxylic acid groups (broad SMARTS) is 1. The highest BCUT2D eigenvalue weighted by Crippen LogP contribution is 2.29. The Morgan fingerprint density at radius 2 is 1.95 bits per heavy atom. The molecule has 0 radical (unpaired) electrons. The second-order valence-corrected chi connectivity index (χ2v) is 4.73. The van der Waals surface area contributed by atoms with Crippen LogP contribution >= 0.6 is 0 Å². The molecule has 0 aromatic heterocycles. The molecular formula is C13H18N2O5. The van der Waals surface area contributed by atoms with Gasteiger partial charge in [0.05, 0.1) is 17.1 Å². The molecule has 0 heterocycles. The summed E-state index contributed by atoms with van der Waals surface area (Å²) in [6.07, 6.45) is -0.132. The fourth-order valence-electron chi connectivity index (χ4n) is 1.61. The van der Waals surface area contributed by atoms with Crippen molar-refractivity contribution >= 4 is 17.3 Å². The van der Waals surface area contributed by atoms with Gasteiger partial charge in [-0.05, 0) is 20.8 Å². The molecule has 0 aliphatic rings. The lowest BCUT2D eigenvalue weighted by Crippen LogP contribution is -2.35. The summed E-state index contributed by atoms with van der Waals surface area (Å²) >= 11 is 0. The fraction of sp³-hybridized carbons (Fsp3) is 0.462. The predicted octanol–water partition coefficient (Wildman–Crippen LogP) is 2.29. The van der Waals surface area contributed by atoms with E-state index in [0.717, 1.165) is 0 Å². The lowest BCUT2D eigenvalue weighted by atomic mass is 10.2. The van der Waals surface area contributed by atoms with Crippen LogP contribution in [-0.2, 0) is 4.79 Å². The zero-order valence-electron chi connectivity index (χ0n) is 11.9. The van der Waals surface area contributed by atoms with Crippen LogP contribution in [0.3, 0.4) is 0 Å². The number of aliphatic carboxylic acids is 1. The van der Waals surface area contributed by atoms with Gasteiger partial charge in [0.2, 0.25) is 0 Å². The summed E-state index contributed by atoms with van der Waals surface area (Å²) < 4.78 is 5.46. The molecule has 0 aliphatic carbocycles. The van der Waals surface area contributed by atoms with Crippen molar-refractivity contribution in [3.63, 3.8) is 0 Å². The molecule has 0 bridgehead atoms. The van der Waals surface area contributed by atoms with Gasteiger partial charge in [-0.15, -0.1) is 0 Å². The summed E-state index contributed by atoms with van der Waals surface area (Å²) in [6.45, 7) is 5.12. The molecule has 7 heteroatoms. The van der Waals surface area contributed by atoms with E-state index in [4.69, 9.17) is 9.84 Å². The van der Waals surface area contributed by atoms with Crippen LogP contribution in [0.25, 0.3) is 0 Å². The van der Waals surface area contributed by atoms with Gasteiger partial charge in [0.25, 0.3) is 5.69 Å². The Balaban J connectivity index is 3.20. The molecule has 0 fully saturated rings. The fourth-order valence-corrected chi connectivity index (χ4v) is 1.61. The van der Waals surface area contributed by atoms with Gasteiger partial charge in [-0.3, -0.25) is 10.1 Å². The molecule has 0 saturated carbocycles. The van der Waals surface area contributed by atoms with E-state index in [2.05, 4.69) is 0 Å². The molecule has 20 heavy (non-hydrogen) atoms. The minimum Gasteiger partial charge on any atom is -0.491 e. The highest BCUT2D eigenvalue weighted by atomic mass is 16.6. The minimum absolute atomic E-state index is 0.132. The molecule has 110 valence electrons. The van der Waals surface area contributed by atoms with Crippen LogP contribution in [-0.4, -0.2) is 35.2 Å². The number of hydrogen-bond donors (Lipinski definition) is 1. The standard InChI is InChI=1S/C13H18N2O5/c1-8(2)20-12-6-10(5-11(7-12)15(18)19)14(4)9(3)13(16)17/h5-9H,1-4H3,(H,16,17). The average molecular weight is 282 g/mol. The number of benzene rings is 1. The highest BCUT2D eigenvalue weighted by Gasteiger charge is 2.20. The van der Waals surface area contributed by atoms with E-state index >= 15 is 0 Å². The molecule has 1 unspecified atom stereocenters. The second kappa shape index (κ2) is 6.23. The van der Waals surface area contributed by atoms with Crippen molar-refractivity contribution < 1.29 is 19.6 Å². The molecule has 0 amide bonds. The molecule has 1 aromatic carbocycles. The summed E-state index contributed by atoms with van der Waals surface area (Å²) in [6, 6.07) is 3.44. The SMILES string of the molecule is CC(C)Oc1cc(N(C)C(C)C(=O)O)cc([N+](=O)[O-])c1. The van der Waals surface area contributed by atoms with Crippen LogP contribution in [0.15, 0.2) is 18.2 Å². The van der Waals surface area contributed by atoms with Gasteiger partial charge in [-0.25, -0.2) is 4.79 Å². The Morgan fingerprint density at radius 1 is 1.35 bits per heavy atom. The second-order valence-electron chi connectivity index (χ2n) is 4.73. The van der Waals surface area contributed by atoms with E-state index in [9.17, 15) is 14.9 Å². The molecular weight excluding hydrogens is 264 g/mol. The van der Waals surface area contributed by atoms with Crippen molar-refractivity contribution in [2.24, 2.45) is 0 Å². The first-order valence-corrected chi connectivity index (χ1v) is 6.14. The number of non-ortho nitro benzene ring substituents is 1. The average Bonchev–Trinajstić information content (AvgIpc) is 2.35. The minimum atomic E-state index is -1.01. The quantitative estimate of drug-likeness (QED) is 0.635. The highest BCUT2D eigenvalue weighted by molar-refractivity contribution is 5.78. The first-order chi connectivity index (χ1) is 9.22. The maximum atomic E-state index is 11.0. The number of hydrogen-bond acceptors (Lipinski definition) is 5. The number of anilines is 1. The Morgan fingerprint density at radius 3 is 2.40 bits per heavy atom. The van der Waals surface area contributed by atoms with Gasteiger partial charge in [-0.1, -0.05) is 0 Å². The van der Waals surface area contributed by atoms with Gasteiger partial charge in [0.15, 0.2) is 0 Å². The first kappa shape index (κ1) is 15.7. The summed E-state index contributed by atoms with van der Waals surface area (Å²) in [5.74, 6) is -0.668.